The predicted octanol–water partition coefficient (Wildman–Crippen LogP) is 1.29. The molecule has 7 heteroatoms. The lowest BCUT2D eigenvalue weighted by atomic mass is 10.1. The molecule has 1 heterocycles. The molecule has 0 bridgehead atoms. The lowest BCUT2D eigenvalue weighted by molar-refractivity contribution is -0.128. The molecule has 1 fully saturated rings. The summed E-state index contributed by atoms with van der Waals surface area (Å²) in [5.74, 6) is -1.29. The molecule has 1 aliphatic heterocycles. The Balaban J connectivity index is 2.49. The number of nitriles is 1. The molecule has 0 atom stereocenters. The van der Waals surface area contributed by atoms with Crippen LogP contribution in [0, 0.1) is 11.3 Å². The van der Waals surface area contributed by atoms with E-state index in [2.05, 4.69) is 15.9 Å². The molecule has 90 valence electrons. The fourth-order valence-electron chi connectivity index (χ4n) is 1.59. The summed E-state index contributed by atoms with van der Waals surface area (Å²) in [6, 6.07) is 5.62. The second-order valence-electron chi connectivity index (χ2n) is 3.53. The topological polar surface area (TPSA) is 90.3 Å². The number of imide groups is 2. The Kier molecular flexibility index (Phi) is 3.12. The van der Waals surface area contributed by atoms with Crippen molar-refractivity contribution >= 4 is 39.5 Å². The largest absolute Gasteiger partial charge is 0.335 e. The van der Waals surface area contributed by atoms with Crippen LogP contribution in [0.1, 0.15) is 12.0 Å². The van der Waals surface area contributed by atoms with Crippen LogP contribution in [0.3, 0.4) is 0 Å². The summed E-state index contributed by atoms with van der Waals surface area (Å²) in [6.45, 7) is 0. The van der Waals surface area contributed by atoms with E-state index < -0.39 is 24.3 Å². The van der Waals surface area contributed by atoms with Gasteiger partial charge in [0.15, 0.2) is 0 Å². The summed E-state index contributed by atoms with van der Waals surface area (Å²) in [4.78, 5) is 35.1. The minimum absolute atomic E-state index is 0.163. The standard InChI is InChI=1S/C11H6BrN3O3/c12-7-1-2-8(6(3-7)5-13)15-10(17)4-9(16)14-11(15)18/h1-3H,4H2,(H,14,16,18). The van der Waals surface area contributed by atoms with Crippen LogP contribution in [0.25, 0.3) is 0 Å². The van der Waals surface area contributed by atoms with Gasteiger partial charge >= 0.3 is 6.03 Å². The Bertz CT molecular complexity index is 586. The van der Waals surface area contributed by atoms with E-state index in [4.69, 9.17) is 5.26 Å². The highest BCUT2D eigenvalue weighted by atomic mass is 79.9. The third-order valence-electron chi connectivity index (χ3n) is 2.33. The summed E-state index contributed by atoms with van der Waals surface area (Å²) in [5, 5.41) is 11.0. The van der Waals surface area contributed by atoms with Gasteiger partial charge in [-0.05, 0) is 18.2 Å². The molecular weight excluding hydrogens is 302 g/mol. The SMILES string of the molecule is N#Cc1cc(Br)ccc1N1C(=O)CC(=O)NC1=O. The smallest absolute Gasteiger partial charge is 0.277 e. The number of nitrogens with zero attached hydrogens (tertiary/aromatic N) is 2. The number of barbiturate groups is 1. The summed E-state index contributed by atoms with van der Waals surface area (Å²) in [7, 11) is 0. The number of benzene rings is 1. The summed E-state index contributed by atoms with van der Waals surface area (Å²) < 4.78 is 0.656. The lowest BCUT2D eigenvalue weighted by Crippen LogP contribution is -2.53. The van der Waals surface area contributed by atoms with E-state index in [-0.39, 0.29) is 11.3 Å². The van der Waals surface area contributed by atoms with E-state index in [0.29, 0.717) is 4.47 Å². The molecule has 1 N–H and O–H groups in total. The van der Waals surface area contributed by atoms with Gasteiger partial charge in [-0.15, -0.1) is 0 Å². The number of anilines is 1. The zero-order chi connectivity index (χ0) is 13.3. The van der Waals surface area contributed by atoms with Crippen LogP contribution in [0.5, 0.6) is 0 Å². The Labute approximate surface area is 110 Å². The predicted molar refractivity (Wildman–Crippen MR) is 64.5 cm³/mol. The van der Waals surface area contributed by atoms with Crippen molar-refractivity contribution in [3.8, 4) is 6.07 Å². The molecule has 1 aliphatic rings. The normalized spacial score (nSPS) is 15.3. The minimum atomic E-state index is -0.838. The van der Waals surface area contributed by atoms with E-state index >= 15 is 0 Å². The third kappa shape index (κ3) is 2.10. The van der Waals surface area contributed by atoms with Crippen molar-refractivity contribution in [1.29, 1.82) is 5.26 Å². The molecule has 0 saturated carbocycles. The lowest BCUT2D eigenvalue weighted by Gasteiger charge is -2.25. The van der Waals surface area contributed by atoms with Crippen molar-refractivity contribution in [2.45, 2.75) is 6.42 Å². The Morgan fingerprint density at radius 3 is 2.67 bits per heavy atom. The highest BCUT2D eigenvalue weighted by Gasteiger charge is 2.33. The van der Waals surface area contributed by atoms with Crippen LogP contribution in [0.2, 0.25) is 0 Å². The van der Waals surface area contributed by atoms with Crippen molar-refractivity contribution in [1.82, 2.24) is 5.32 Å². The second-order valence-corrected chi connectivity index (χ2v) is 4.45. The highest BCUT2D eigenvalue weighted by Crippen LogP contribution is 2.25. The zero-order valence-electron chi connectivity index (χ0n) is 8.94. The van der Waals surface area contributed by atoms with E-state index in [1.807, 2.05) is 11.4 Å². The molecule has 0 unspecified atom stereocenters. The van der Waals surface area contributed by atoms with Gasteiger partial charge in [0.2, 0.25) is 11.8 Å². The summed E-state index contributed by atoms with van der Waals surface area (Å²) >= 11 is 3.19. The van der Waals surface area contributed by atoms with E-state index in [1.54, 1.807) is 6.07 Å². The van der Waals surface area contributed by atoms with Gasteiger partial charge < -0.3 is 0 Å². The number of rotatable bonds is 1. The van der Waals surface area contributed by atoms with Crippen LogP contribution in [0.4, 0.5) is 10.5 Å². The number of nitrogens with one attached hydrogen (secondary N) is 1. The number of carbonyl (C=O) groups is 3. The highest BCUT2D eigenvalue weighted by molar-refractivity contribution is 9.10. The number of hydrogen-bond donors (Lipinski definition) is 1. The minimum Gasteiger partial charge on any atom is -0.277 e. The van der Waals surface area contributed by atoms with Gasteiger partial charge in [-0.2, -0.15) is 5.26 Å². The van der Waals surface area contributed by atoms with Crippen LogP contribution in [-0.4, -0.2) is 17.8 Å². The van der Waals surface area contributed by atoms with E-state index in [0.717, 1.165) is 4.90 Å². The van der Waals surface area contributed by atoms with Crippen LogP contribution in [-0.2, 0) is 9.59 Å². The maximum Gasteiger partial charge on any atom is 0.335 e. The van der Waals surface area contributed by atoms with Gasteiger partial charge in [0.25, 0.3) is 0 Å². The molecule has 0 radical (unpaired) electrons. The molecule has 2 rings (SSSR count). The average molecular weight is 308 g/mol. The molecule has 1 aromatic carbocycles. The van der Waals surface area contributed by atoms with Crippen molar-refractivity contribution in [3.05, 3.63) is 28.2 Å². The fourth-order valence-corrected chi connectivity index (χ4v) is 1.95. The molecule has 1 aromatic rings. The van der Waals surface area contributed by atoms with Gasteiger partial charge in [0.1, 0.15) is 12.5 Å². The average Bonchev–Trinajstić information content (AvgIpc) is 2.29. The Morgan fingerprint density at radius 1 is 1.33 bits per heavy atom. The molecular formula is C11H6BrN3O3. The molecule has 6 nitrogen and oxygen atoms in total. The van der Waals surface area contributed by atoms with Crippen LogP contribution < -0.4 is 10.2 Å². The Hall–Kier alpha value is -2.20. The maximum atomic E-state index is 11.7. The van der Waals surface area contributed by atoms with Crippen molar-refractivity contribution in [2.75, 3.05) is 4.90 Å². The van der Waals surface area contributed by atoms with E-state index in [1.165, 1.54) is 12.1 Å². The van der Waals surface area contributed by atoms with Gasteiger partial charge in [-0.1, -0.05) is 15.9 Å². The van der Waals surface area contributed by atoms with Crippen molar-refractivity contribution < 1.29 is 14.4 Å². The van der Waals surface area contributed by atoms with E-state index in [9.17, 15) is 14.4 Å². The molecule has 0 aromatic heterocycles. The molecule has 0 spiro atoms. The first-order chi connectivity index (χ1) is 8.52. The number of carbonyl (C=O) groups excluding carboxylic acids is 3. The van der Waals surface area contributed by atoms with Gasteiger partial charge in [0.05, 0.1) is 11.3 Å². The number of urea groups is 1. The first-order valence-corrected chi connectivity index (χ1v) is 5.68. The van der Waals surface area contributed by atoms with Crippen LogP contribution in [0.15, 0.2) is 22.7 Å². The van der Waals surface area contributed by atoms with Crippen LogP contribution >= 0.6 is 15.9 Å². The summed E-state index contributed by atoms with van der Waals surface area (Å²) in [5.41, 5.74) is 0.331. The first-order valence-electron chi connectivity index (χ1n) is 4.89. The molecule has 4 amide bonds. The van der Waals surface area contributed by atoms with Crippen molar-refractivity contribution in [2.24, 2.45) is 0 Å². The third-order valence-corrected chi connectivity index (χ3v) is 2.82. The quantitative estimate of drug-likeness (QED) is 0.792. The van der Waals surface area contributed by atoms with Gasteiger partial charge in [-0.3, -0.25) is 14.9 Å². The first kappa shape index (κ1) is 12.3. The monoisotopic (exact) mass is 307 g/mol. The number of halogens is 1. The molecule has 1 saturated heterocycles. The number of hydrogen-bond acceptors (Lipinski definition) is 4. The molecule has 18 heavy (non-hydrogen) atoms. The maximum absolute atomic E-state index is 11.7. The van der Waals surface area contributed by atoms with Crippen molar-refractivity contribution in [3.63, 3.8) is 0 Å². The number of amides is 4. The Morgan fingerprint density at radius 2 is 2.06 bits per heavy atom. The molecule has 0 aliphatic carbocycles. The van der Waals surface area contributed by atoms with Gasteiger partial charge in [0, 0.05) is 4.47 Å². The van der Waals surface area contributed by atoms with Gasteiger partial charge in [-0.25, -0.2) is 9.69 Å². The zero-order valence-corrected chi connectivity index (χ0v) is 10.5. The second kappa shape index (κ2) is 4.58. The fraction of sp³-hybridized carbons (Fsp3) is 0.0909. The summed E-state index contributed by atoms with van der Waals surface area (Å²) in [6.07, 6.45) is -0.410.